The quantitative estimate of drug-likeness (QED) is 0.631. The van der Waals surface area contributed by atoms with Crippen molar-refractivity contribution in [2.45, 2.75) is 12.3 Å². The van der Waals surface area contributed by atoms with Gasteiger partial charge >= 0.3 is 18.1 Å². The molecule has 0 bridgehead atoms. The van der Waals surface area contributed by atoms with E-state index in [1.807, 2.05) is 0 Å². The van der Waals surface area contributed by atoms with Gasteiger partial charge in [0, 0.05) is 13.1 Å². The maximum Gasteiger partial charge on any atom is 0.490 e. The summed E-state index contributed by atoms with van der Waals surface area (Å²) in [5.74, 6) is -3.66. The smallest absolute Gasteiger partial charge is 0.480 e. The van der Waals surface area contributed by atoms with E-state index in [9.17, 15) is 18.0 Å². The summed E-state index contributed by atoms with van der Waals surface area (Å²) in [7, 11) is 0. The molecule has 16 heavy (non-hydrogen) atoms. The number of carbonyl (C=O) groups is 2. The van der Waals surface area contributed by atoms with Crippen molar-refractivity contribution in [1.82, 2.24) is 5.32 Å². The number of alkyl halides is 3. The van der Waals surface area contributed by atoms with Crippen LogP contribution in [0.3, 0.4) is 0 Å². The fourth-order valence-electron chi connectivity index (χ4n) is 0.569. The fraction of sp³-hybridized carbons (Fsp3) is 0.714. The first-order chi connectivity index (χ1) is 7.23. The van der Waals surface area contributed by atoms with Gasteiger partial charge in [0.2, 0.25) is 0 Å². The van der Waals surface area contributed by atoms with Crippen LogP contribution in [0.15, 0.2) is 0 Å². The Kier molecular flexibility index (Phi) is 5.75. The molecule has 1 saturated heterocycles. The normalized spacial score (nSPS) is 15.7. The van der Waals surface area contributed by atoms with Crippen LogP contribution in [0.4, 0.5) is 13.2 Å². The second kappa shape index (κ2) is 6.28. The lowest BCUT2D eigenvalue weighted by molar-refractivity contribution is -0.192. The van der Waals surface area contributed by atoms with Crippen LogP contribution in [0, 0.1) is 0 Å². The van der Waals surface area contributed by atoms with E-state index in [0.717, 1.165) is 13.1 Å². The van der Waals surface area contributed by atoms with E-state index in [-0.39, 0.29) is 12.7 Å². The highest BCUT2D eigenvalue weighted by Gasteiger charge is 2.38. The van der Waals surface area contributed by atoms with Crippen molar-refractivity contribution < 1.29 is 37.7 Å². The molecule has 1 aliphatic rings. The lowest BCUT2D eigenvalue weighted by Gasteiger charge is -2.26. The highest BCUT2D eigenvalue weighted by molar-refractivity contribution is 5.73. The Hall–Kier alpha value is -1.35. The Morgan fingerprint density at radius 1 is 1.31 bits per heavy atom. The van der Waals surface area contributed by atoms with Crippen LogP contribution < -0.4 is 5.32 Å². The number of aliphatic carboxylic acids is 2. The van der Waals surface area contributed by atoms with Crippen LogP contribution in [0.2, 0.25) is 0 Å². The van der Waals surface area contributed by atoms with Crippen molar-refractivity contribution in [1.29, 1.82) is 0 Å². The van der Waals surface area contributed by atoms with E-state index in [4.69, 9.17) is 19.7 Å². The lowest BCUT2D eigenvalue weighted by Crippen LogP contribution is -2.49. The van der Waals surface area contributed by atoms with E-state index in [1.54, 1.807) is 0 Å². The van der Waals surface area contributed by atoms with Crippen molar-refractivity contribution in [3.8, 4) is 0 Å². The third-order valence-corrected chi connectivity index (χ3v) is 1.43. The molecule has 0 aromatic carbocycles. The number of carboxylic acids is 2. The molecule has 1 aliphatic heterocycles. The molecule has 0 saturated carbocycles. The Bertz CT molecular complexity index is 251. The number of carboxylic acid groups (broad SMARTS) is 2. The van der Waals surface area contributed by atoms with Crippen LogP contribution in [0.5, 0.6) is 0 Å². The minimum Gasteiger partial charge on any atom is -0.480 e. The third kappa shape index (κ3) is 7.01. The minimum atomic E-state index is -5.08. The molecule has 1 rings (SSSR count). The molecule has 0 aromatic heterocycles. The van der Waals surface area contributed by atoms with E-state index >= 15 is 0 Å². The number of hydrogen-bond acceptors (Lipinski definition) is 4. The molecule has 1 fully saturated rings. The van der Waals surface area contributed by atoms with Gasteiger partial charge in [-0.3, -0.25) is 0 Å². The predicted molar refractivity (Wildman–Crippen MR) is 43.9 cm³/mol. The molecule has 0 spiro atoms. The zero-order chi connectivity index (χ0) is 12.8. The van der Waals surface area contributed by atoms with Crippen molar-refractivity contribution in [3.63, 3.8) is 0 Å². The summed E-state index contributed by atoms with van der Waals surface area (Å²) in [6.45, 7) is 1.40. The highest BCUT2D eigenvalue weighted by atomic mass is 19.4. The fourth-order valence-corrected chi connectivity index (χ4v) is 0.569. The van der Waals surface area contributed by atoms with Gasteiger partial charge in [0.05, 0.1) is 6.10 Å². The number of rotatable bonds is 3. The maximum atomic E-state index is 10.6. The molecule has 0 unspecified atom stereocenters. The highest BCUT2D eigenvalue weighted by Crippen LogP contribution is 2.13. The molecular formula is C7H10F3NO5. The molecule has 3 N–H and O–H groups in total. The zero-order valence-corrected chi connectivity index (χ0v) is 7.95. The minimum absolute atomic E-state index is 0.126. The van der Waals surface area contributed by atoms with Gasteiger partial charge in [0.1, 0.15) is 6.61 Å². The molecule has 94 valence electrons. The first-order valence-corrected chi connectivity index (χ1v) is 4.07. The number of nitrogens with one attached hydrogen (secondary N) is 1. The Morgan fingerprint density at radius 3 is 1.94 bits per heavy atom. The maximum absolute atomic E-state index is 10.6. The molecular weight excluding hydrogens is 235 g/mol. The van der Waals surface area contributed by atoms with Crippen LogP contribution in [0.25, 0.3) is 0 Å². The van der Waals surface area contributed by atoms with Gasteiger partial charge in [0.25, 0.3) is 0 Å². The van der Waals surface area contributed by atoms with E-state index in [1.165, 1.54) is 0 Å². The van der Waals surface area contributed by atoms with Gasteiger partial charge in [-0.05, 0) is 0 Å². The second-order valence-electron chi connectivity index (χ2n) is 2.79. The zero-order valence-electron chi connectivity index (χ0n) is 7.95. The number of ether oxygens (including phenoxy) is 1. The van der Waals surface area contributed by atoms with E-state index < -0.39 is 18.1 Å². The van der Waals surface area contributed by atoms with Gasteiger partial charge in [-0.15, -0.1) is 0 Å². The second-order valence-corrected chi connectivity index (χ2v) is 2.79. The summed E-state index contributed by atoms with van der Waals surface area (Å²) in [4.78, 5) is 18.8. The summed E-state index contributed by atoms with van der Waals surface area (Å²) < 4.78 is 36.6. The van der Waals surface area contributed by atoms with Crippen LogP contribution in [-0.4, -0.2) is 54.1 Å². The monoisotopic (exact) mass is 245 g/mol. The lowest BCUT2D eigenvalue weighted by atomic mass is 10.2. The van der Waals surface area contributed by atoms with Crippen molar-refractivity contribution >= 4 is 11.9 Å². The van der Waals surface area contributed by atoms with Gasteiger partial charge in [-0.1, -0.05) is 0 Å². The Labute approximate surface area is 88.0 Å². The first-order valence-electron chi connectivity index (χ1n) is 4.07. The number of halogens is 3. The number of hydrogen-bond donors (Lipinski definition) is 3. The Morgan fingerprint density at radius 2 is 1.75 bits per heavy atom. The molecule has 0 aromatic rings. The molecule has 0 amide bonds. The SMILES string of the molecule is O=C(O)C(F)(F)F.O=C(O)COC1CNC1. The summed E-state index contributed by atoms with van der Waals surface area (Å²) in [6.07, 6.45) is -4.96. The van der Waals surface area contributed by atoms with Crippen LogP contribution in [0.1, 0.15) is 0 Å². The topological polar surface area (TPSA) is 95.9 Å². The van der Waals surface area contributed by atoms with Crippen molar-refractivity contribution in [2.24, 2.45) is 0 Å². The summed E-state index contributed by atoms with van der Waals surface area (Å²) >= 11 is 0. The Balaban J connectivity index is 0.000000293. The summed E-state index contributed by atoms with van der Waals surface area (Å²) in [6, 6.07) is 0. The summed E-state index contributed by atoms with van der Waals surface area (Å²) in [5, 5.41) is 18.2. The molecule has 0 atom stereocenters. The molecule has 9 heteroatoms. The molecule has 1 heterocycles. The van der Waals surface area contributed by atoms with Gasteiger partial charge in [-0.25, -0.2) is 9.59 Å². The van der Waals surface area contributed by atoms with Crippen LogP contribution in [-0.2, 0) is 14.3 Å². The molecule has 6 nitrogen and oxygen atoms in total. The van der Waals surface area contributed by atoms with Gasteiger partial charge in [-0.2, -0.15) is 13.2 Å². The van der Waals surface area contributed by atoms with Gasteiger partial charge in [0.15, 0.2) is 0 Å². The van der Waals surface area contributed by atoms with Crippen molar-refractivity contribution in [2.75, 3.05) is 19.7 Å². The first kappa shape index (κ1) is 14.6. The average molecular weight is 245 g/mol. The largest absolute Gasteiger partial charge is 0.490 e. The third-order valence-electron chi connectivity index (χ3n) is 1.43. The summed E-state index contributed by atoms with van der Waals surface area (Å²) in [5.41, 5.74) is 0. The van der Waals surface area contributed by atoms with E-state index in [0.29, 0.717) is 0 Å². The molecule has 0 aliphatic carbocycles. The standard InChI is InChI=1S/C5H9NO3.C2HF3O2/c7-5(8)3-9-4-1-6-2-4;3-2(4,5)1(6)7/h4,6H,1-3H2,(H,7,8);(H,6,7). The van der Waals surface area contributed by atoms with Crippen LogP contribution >= 0.6 is 0 Å². The van der Waals surface area contributed by atoms with Crippen molar-refractivity contribution in [3.05, 3.63) is 0 Å². The predicted octanol–water partition coefficient (Wildman–Crippen LogP) is -0.307. The average Bonchev–Trinajstić information content (AvgIpc) is 1.99. The van der Waals surface area contributed by atoms with Gasteiger partial charge < -0.3 is 20.3 Å². The molecule has 0 radical (unpaired) electrons. The van der Waals surface area contributed by atoms with E-state index in [2.05, 4.69) is 5.32 Å².